The van der Waals surface area contributed by atoms with E-state index in [4.69, 9.17) is 14.0 Å². The lowest BCUT2D eigenvalue weighted by molar-refractivity contribution is -0.125. The Balaban J connectivity index is 1.25. The van der Waals surface area contributed by atoms with Gasteiger partial charge in [0.1, 0.15) is 11.4 Å². The van der Waals surface area contributed by atoms with Crippen molar-refractivity contribution in [3.63, 3.8) is 0 Å². The van der Waals surface area contributed by atoms with Crippen molar-refractivity contribution in [1.29, 1.82) is 0 Å². The van der Waals surface area contributed by atoms with Gasteiger partial charge < -0.3 is 29.1 Å². The normalized spacial score (nSPS) is 19.0. The molecule has 0 radical (unpaired) electrons. The highest BCUT2D eigenvalue weighted by Crippen LogP contribution is 2.26. The Morgan fingerprint density at radius 1 is 1.11 bits per heavy atom. The van der Waals surface area contributed by atoms with Crippen molar-refractivity contribution >= 4 is 18.0 Å². The number of piperidine rings is 1. The summed E-state index contributed by atoms with van der Waals surface area (Å²) in [6, 6.07) is 7.93. The van der Waals surface area contributed by atoms with Crippen molar-refractivity contribution in [2.75, 3.05) is 38.2 Å². The summed E-state index contributed by atoms with van der Waals surface area (Å²) in [5.41, 5.74) is 0.317. The number of methoxy groups -OCH3 is 1. The van der Waals surface area contributed by atoms with Crippen LogP contribution in [0.2, 0.25) is 0 Å². The predicted molar refractivity (Wildman–Crippen MR) is 130 cm³/mol. The van der Waals surface area contributed by atoms with E-state index in [1.165, 1.54) is 0 Å². The minimum absolute atomic E-state index is 0.0244. The summed E-state index contributed by atoms with van der Waals surface area (Å²) < 4.78 is 16.2. The van der Waals surface area contributed by atoms with E-state index in [1.54, 1.807) is 12.0 Å². The van der Waals surface area contributed by atoms with Crippen molar-refractivity contribution in [2.45, 2.75) is 58.1 Å². The van der Waals surface area contributed by atoms with Gasteiger partial charge in [0, 0.05) is 37.7 Å². The average Bonchev–Trinajstić information content (AvgIpc) is 3.52. The average molecular weight is 486 g/mol. The molecule has 1 N–H and O–H groups in total. The van der Waals surface area contributed by atoms with Gasteiger partial charge in [-0.1, -0.05) is 5.16 Å². The van der Waals surface area contributed by atoms with E-state index in [0.717, 1.165) is 24.2 Å². The number of ether oxygens (including phenoxy) is 2. The van der Waals surface area contributed by atoms with Crippen LogP contribution >= 0.6 is 0 Å². The Bertz CT molecular complexity index is 1010. The number of anilines is 1. The summed E-state index contributed by atoms with van der Waals surface area (Å²) in [4.78, 5) is 33.6. The number of benzene rings is 1. The monoisotopic (exact) mass is 485 g/mol. The second-order valence-electron chi connectivity index (χ2n) is 10.1. The van der Waals surface area contributed by atoms with Gasteiger partial charge in [-0.05, 0) is 70.7 Å². The summed E-state index contributed by atoms with van der Waals surface area (Å²) >= 11 is 0. The van der Waals surface area contributed by atoms with Crippen LogP contribution in [-0.2, 0) is 9.53 Å². The number of rotatable bonds is 6. The van der Waals surface area contributed by atoms with Gasteiger partial charge in [-0.3, -0.25) is 4.79 Å². The van der Waals surface area contributed by atoms with Gasteiger partial charge in [0.25, 0.3) is 0 Å². The maximum Gasteiger partial charge on any atom is 0.410 e. The number of amides is 2. The molecule has 2 aliphatic rings. The second-order valence-corrected chi connectivity index (χ2v) is 10.1. The van der Waals surface area contributed by atoms with E-state index < -0.39 is 5.60 Å². The smallest absolute Gasteiger partial charge is 0.410 e. The molecule has 2 saturated heterocycles. The van der Waals surface area contributed by atoms with E-state index in [1.807, 2.05) is 49.9 Å². The lowest BCUT2D eigenvalue weighted by Gasteiger charge is -2.31. The summed E-state index contributed by atoms with van der Waals surface area (Å²) in [5.74, 6) is 1.24. The number of hydrogen-bond acceptors (Lipinski definition) is 8. The quantitative estimate of drug-likeness (QED) is 0.662. The summed E-state index contributed by atoms with van der Waals surface area (Å²) in [6.07, 6.45) is 2.88. The predicted octanol–water partition coefficient (Wildman–Crippen LogP) is 3.48. The zero-order chi connectivity index (χ0) is 25.0. The van der Waals surface area contributed by atoms with Crippen LogP contribution in [0.5, 0.6) is 5.75 Å². The minimum Gasteiger partial charge on any atom is -0.497 e. The first-order valence-electron chi connectivity index (χ1n) is 12.2. The maximum absolute atomic E-state index is 12.8. The first-order chi connectivity index (χ1) is 16.7. The largest absolute Gasteiger partial charge is 0.497 e. The molecular formula is C25H35N5O5. The van der Waals surface area contributed by atoms with Crippen LogP contribution in [0, 0.1) is 5.92 Å². The van der Waals surface area contributed by atoms with Crippen LogP contribution in [0.25, 0.3) is 11.4 Å². The maximum atomic E-state index is 12.8. The third-order valence-corrected chi connectivity index (χ3v) is 6.42. The third kappa shape index (κ3) is 6.23. The number of likely N-dealkylation sites (tertiary alicyclic amines) is 1. The fourth-order valence-corrected chi connectivity index (χ4v) is 4.51. The SMILES string of the molecule is COc1ccc(-c2noc(N3CCC(C(=O)NC[C@H]4CCCN4C(=O)OC(C)(C)C)CC3)n2)cc1. The van der Waals surface area contributed by atoms with Crippen LogP contribution in [-0.4, -0.2) is 72.0 Å². The first kappa shape index (κ1) is 24.8. The Kier molecular flexibility index (Phi) is 7.47. The molecule has 0 saturated carbocycles. The summed E-state index contributed by atoms with van der Waals surface area (Å²) in [7, 11) is 1.62. The Labute approximate surface area is 205 Å². The van der Waals surface area contributed by atoms with Crippen molar-refractivity contribution in [2.24, 2.45) is 5.92 Å². The molecular weight excluding hydrogens is 450 g/mol. The number of aromatic nitrogens is 2. The Morgan fingerprint density at radius 3 is 2.49 bits per heavy atom. The minimum atomic E-state index is -0.533. The van der Waals surface area contributed by atoms with Gasteiger partial charge in [0.2, 0.25) is 11.7 Å². The highest BCUT2D eigenvalue weighted by molar-refractivity contribution is 5.79. The fourth-order valence-electron chi connectivity index (χ4n) is 4.51. The molecule has 2 aliphatic heterocycles. The van der Waals surface area contributed by atoms with Crippen LogP contribution < -0.4 is 15.0 Å². The van der Waals surface area contributed by atoms with E-state index in [9.17, 15) is 9.59 Å². The van der Waals surface area contributed by atoms with Gasteiger partial charge in [-0.2, -0.15) is 4.98 Å². The standard InChI is InChI=1S/C25H35N5O5/c1-25(2,3)34-24(32)30-13-5-6-19(30)16-26-22(31)18-11-14-29(15-12-18)23-27-21(28-35-23)17-7-9-20(33-4)10-8-17/h7-10,18-19H,5-6,11-16H2,1-4H3,(H,26,31)/t19-/m1/s1. The molecule has 0 bridgehead atoms. The number of nitrogens with one attached hydrogen (secondary N) is 1. The van der Waals surface area contributed by atoms with Crippen molar-refractivity contribution in [3.8, 4) is 17.1 Å². The zero-order valence-corrected chi connectivity index (χ0v) is 21.0. The van der Waals surface area contributed by atoms with Crippen molar-refractivity contribution < 1.29 is 23.6 Å². The van der Waals surface area contributed by atoms with Crippen molar-refractivity contribution in [3.05, 3.63) is 24.3 Å². The molecule has 0 unspecified atom stereocenters. The molecule has 0 aliphatic carbocycles. The molecule has 35 heavy (non-hydrogen) atoms. The van der Waals surface area contributed by atoms with E-state index in [2.05, 4.69) is 15.5 Å². The lowest BCUT2D eigenvalue weighted by atomic mass is 9.96. The summed E-state index contributed by atoms with van der Waals surface area (Å²) in [6.45, 7) is 8.02. The van der Waals surface area contributed by atoms with Crippen LogP contribution in [0.15, 0.2) is 28.8 Å². The molecule has 10 nitrogen and oxygen atoms in total. The van der Waals surface area contributed by atoms with E-state index >= 15 is 0 Å². The molecule has 4 rings (SSSR count). The molecule has 2 amide bonds. The van der Waals surface area contributed by atoms with Gasteiger partial charge in [-0.25, -0.2) is 4.79 Å². The number of carbonyl (C=O) groups excluding carboxylic acids is 2. The topological polar surface area (TPSA) is 110 Å². The fraction of sp³-hybridized carbons (Fsp3) is 0.600. The highest BCUT2D eigenvalue weighted by Gasteiger charge is 2.33. The van der Waals surface area contributed by atoms with Crippen LogP contribution in [0.4, 0.5) is 10.8 Å². The number of carbonyl (C=O) groups is 2. The molecule has 3 heterocycles. The Hall–Kier alpha value is -3.30. The van der Waals surface area contributed by atoms with Gasteiger partial charge in [0.05, 0.1) is 13.2 Å². The molecule has 1 aromatic heterocycles. The first-order valence-corrected chi connectivity index (χ1v) is 12.2. The van der Waals surface area contributed by atoms with Crippen LogP contribution in [0.3, 0.4) is 0 Å². The van der Waals surface area contributed by atoms with E-state index in [0.29, 0.717) is 50.9 Å². The highest BCUT2D eigenvalue weighted by atomic mass is 16.6. The summed E-state index contributed by atoms with van der Waals surface area (Å²) in [5, 5.41) is 7.16. The molecule has 2 aromatic rings. The molecule has 2 fully saturated rings. The number of hydrogen-bond donors (Lipinski definition) is 1. The van der Waals surface area contributed by atoms with Gasteiger partial charge in [0.15, 0.2) is 0 Å². The molecule has 1 aromatic carbocycles. The Morgan fingerprint density at radius 2 is 1.83 bits per heavy atom. The molecule has 10 heteroatoms. The van der Waals surface area contributed by atoms with Gasteiger partial charge >= 0.3 is 12.1 Å². The molecule has 190 valence electrons. The number of nitrogens with zero attached hydrogens (tertiary/aromatic N) is 4. The third-order valence-electron chi connectivity index (χ3n) is 6.42. The zero-order valence-electron chi connectivity index (χ0n) is 21.0. The second kappa shape index (κ2) is 10.5. The van der Waals surface area contributed by atoms with E-state index in [-0.39, 0.29) is 24.0 Å². The molecule has 1 atom stereocenters. The van der Waals surface area contributed by atoms with Crippen molar-refractivity contribution in [1.82, 2.24) is 20.4 Å². The van der Waals surface area contributed by atoms with Crippen LogP contribution in [0.1, 0.15) is 46.5 Å². The lowest BCUT2D eigenvalue weighted by Crippen LogP contribution is -2.47. The molecule has 0 spiro atoms. The van der Waals surface area contributed by atoms with Gasteiger partial charge in [-0.15, -0.1) is 0 Å².